The number of halogens is 1. The molecule has 1 atom stereocenters. The fourth-order valence-corrected chi connectivity index (χ4v) is 2.29. The standard InChI is InChI=1S/C11H17ClN2O/c1-2-9(10-3-4-11(12)15-10)14-7-5-13-6-8-14/h3-4,9,13H,2,5-8H2,1H3/t9-/m1/s1. The van der Waals surface area contributed by atoms with Crippen LogP contribution in [0.5, 0.6) is 0 Å². The van der Waals surface area contributed by atoms with Gasteiger partial charge in [-0.25, -0.2) is 0 Å². The molecule has 0 aliphatic carbocycles. The van der Waals surface area contributed by atoms with Gasteiger partial charge in [-0.15, -0.1) is 0 Å². The molecule has 3 nitrogen and oxygen atoms in total. The maximum absolute atomic E-state index is 5.80. The molecule has 0 saturated carbocycles. The second kappa shape index (κ2) is 5.01. The molecule has 0 aromatic carbocycles. The van der Waals surface area contributed by atoms with Gasteiger partial charge in [0.2, 0.25) is 0 Å². The SMILES string of the molecule is CC[C@H](c1ccc(Cl)o1)N1CCNCC1. The van der Waals surface area contributed by atoms with Crippen molar-refractivity contribution in [2.75, 3.05) is 26.2 Å². The largest absolute Gasteiger partial charge is 0.448 e. The molecule has 4 heteroatoms. The van der Waals surface area contributed by atoms with Crippen molar-refractivity contribution in [2.24, 2.45) is 0 Å². The first kappa shape index (κ1) is 11.0. The quantitative estimate of drug-likeness (QED) is 0.861. The summed E-state index contributed by atoms with van der Waals surface area (Å²) in [6.45, 7) is 6.46. The highest BCUT2D eigenvalue weighted by Gasteiger charge is 2.22. The van der Waals surface area contributed by atoms with Crippen LogP contribution in [0.4, 0.5) is 0 Å². The van der Waals surface area contributed by atoms with Crippen molar-refractivity contribution in [3.05, 3.63) is 23.1 Å². The van der Waals surface area contributed by atoms with Gasteiger partial charge in [0.05, 0.1) is 6.04 Å². The Balaban J connectivity index is 2.08. The van der Waals surface area contributed by atoms with E-state index in [4.69, 9.17) is 16.0 Å². The van der Waals surface area contributed by atoms with Crippen molar-refractivity contribution in [1.29, 1.82) is 0 Å². The van der Waals surface area contributed by atoms with Crippen LogP contribution < -0.4 is 5.32 Å². The molecule has 84 valence electrons. The second-order valence-electron chi connectivity index (χ2n) is 3.85. The van der Waals surface area contributed by atoms with Crippen molar-refractivity contribution in [3.63, 3.8) is 0 Å². The number of hydrogen-bond acceptors (Lipinski definition) is 3. The molecule has 1 aromatic rings. The van der Waals surface area contributed by atoms with Crippen LogP contribution in [0.2, 0.25) is 5.22 Å². The van der Waals surface area contributed by atoms with E-state index in [2.05, 4.69) is 17.1 Å². The first-order valence-electron chi connectivity index (χ1n) is 5.51. The summed E-state index contributed by atoms with van der Waals surface area (Å²) in [7, 11) is 0. The first-order chi connectivity index (χ1) is 7.31. The maximum atomic E-state index is 5.80. The molecule has 2 heterocycles. The number of rotatable bonds is 3. The van der Waals surface area contributed by atoms with E-state index < -0.39 is 0 Å². The van der Waals surface area contributed by atoms with Crippen LogP contribution in [-0.4, -0.2) is 31.1 Å². The molecule has 1 aliphatic rings. The van der Waals surface area contributed by atoms with Crippen molar-refractivity contribution < 1.29 is 4.42 Å². The van der Waals surface area contributed by atoms with Gasteiger partial charge in [0, 0.05) is 26.2 Å². The first-order valence-corrected chi connectivity index (χ1v) is 5.89. The minimum absolute atomic E-state index is 0.375. The van der Waals surface area contributed by atoms with Crippen LogP contribution in [0.1, 0.15) is 25.1 Å². The number of piperazine rings is 1. The minimum Gasteiger partial charge on any atom is -0.448 e. The summed E-state index contributed by atoms with van der Waals surface area (Å²) in [5, 5.41) is 3.84. The summed E-state index contributed by atoms with van der Waals surface area (Å²) < 4.78 is 5.49. The number of furan rings is 1. The summed E-state index contributed by atoms with van der Waals surface area (Å²) in [6.07, 6.45) is 1.06. The number of nitrogens with one attached hydrogen (secondary N) is 1. The van der Waals surface area contributed by atoms with E-state index in [9.17, 15) is 0 Å². The molecule has 15 heavy (non-hydrogen) atoms. The third-order valence-electron chi connectivity index (χ3n) is 2.90. The molecule has 0 amide bonds. The van der Waals surface area contributed by atoms with Gasteiger partial charge in [0.1, 0.15) is 5.76 Å². The fourth-order valence-electron chi connectivity index (χ4n) is 2.14. The van der Waals surface area contributed by atoms with Crippen LogP contribution in [-0.2, 0) is 0 Å². The molecule has 0 unspecified atom stereocenters. The third-order valence-corrected chi connectivity index (χ3v) is 3.10. The van der Waals surface area contributed by atoms with Gasteiger partial charge in [0.15, 0.2) is 5.22 Å². The lowest BCUT2D eigenvalue weighted by molar-refractivity contribution is 0.150. The molecular formula is C11H17ClN2O. The average Bonchev–Trinajstić information content (AvgIpc) is 2.68. The Kier molecular flexibility index (Phi) is 3.67. The van der Waals surface area contributed by atoms with Crippen LogP contribution in [0, 0.1) is 0 Å². The van der Waals surface area contributed by atoms with Gasteiger partial charge in [-0.2, -0.15) is 0 Å². The summed E-state index contributed by atoms with van der Waals surface area (Å²) in [4.78, 5) is 2.45. The predicted molar refractivity (Wildman–Crippen MR) is 61.2 cm³/mol. The Hall–Kier alpha value is -0.510. The van der Waals surface area contributed by atoms with Gasteiger partial charge < -0.3 is 9.73 Å². The van der Waals surface area contributed by atoms with Crippen molar-refractivity contribution in [1.82, 2.24) is 10.2 Å². The predicted octanol–water partition coefficient (Wildman–Crippen LogP) is 2.29. The van der Waals surface area contributed by atoms with Crippen LogP contribution >= 0.6 is 11.6 Å². The van der Waals surface area contributed by atoms with E-state index in [-0.39, 0.29) is 0 Å². The van der Waals surface area contributed by atoms with Gasteiger partial charge in [-0.1, -0.05) is 6.92 Å². The topological polar surface area (TPSA) is 28.4 Å². The van der Waals surface area contributed by atoms with Crippen LogP contribution in [0.3, 0.4) is 0 Å². The summed E-state index contributed by atoms with van der Waals surface area (Å²) in [6, 6.07) is 4.18. The lowest BCUT2D eigenvalue weighted by Gasteiger charge is -2.33. The van der Waals surface area contributed by atoms with Crippen LogP contribution in [0.15, 0.2) is 16.5 Å². The zero-order valence-corrected chi connectivity index (χ0v) is 9.76. The maximum Gasteiger partial charge on any atom is 0.193 e. The monoisotopic (exact) mass is 228 g/mol. The lowest BCUT2D eigenvalue weighted by Crippen LogP contribution is -2.44. The second-order valence-corrected chi connectivity index (χ2v) is 4.22. The molecule has 1 fully saturated rings. The Morgan fingerprint density at radius 2 is 2.20 bits per heavy atom. The van der Waals surface area contributed by atoms with E-state index in [1.165, 1.54) is 0 Å². The fraction of sp³-hybridized carbons (Fsp3) is 0.636. The Morgan fingerprint density at radius 3 is 2.73 bits per heavy atom. The van der Waals surface area contributed by atoms with Crippen molar-refractivity contribution in [3.8, 4) is 0 Å². The van der Waals surface area contributed by atoms with Crippen molar-refractivity contribution >= 4 is 11.6 Å². The average molecular weight is 229 g/mol. The molecule has 0 spiro atoms. The van der Waals surface area contributed by atoms with E-state index in [1.54, 1.807) is 0 Å². The van der Waals surface area contributed by atoms with E-state index in [0.29, 0.717) is 11.3 Å². The summed E-state index contributed by atoms with van der Waals surface area (Å²) >= 11 is 5.80. The minimum atomic E-state index is 0.375. The molecule has 2 rings (SSSR count). The summed E-state index contributed by atoms with van der Waals surface area (Å²) in [5.74, 6) is 0.990. The lowest BCUT2D eigenvalue weighted by atomic mass is 10.1. The smallest absolute Gasteiger partial charge is 0.193 e. The number of hydrogen-bond donors (Lipinski definition) is 1. The molecule has 1 N–H and O–H groups in total. The highest BCUT2D eigenvalue weighted by molar-refractivity contribution is 6.28. The Morgan fingerprint density at radius 1 is 1.47 bits per heavy atom. The normalized spacial score (nSPS) is 20.4. The van der Waals surface area contributed by atoms with E-state index in [1.807, 2.05) is 12.1 Å². The van der Waals surface area contributed by atoms with E-state index >= 15 is 0 Å². The van der Waals surface area contributed by atoms with E-state index in [0.717, 1.165) is 38.4 Å². The molecule has 1 saturated heterocycles. The Bertz CT molecular complexity index is 307. The van der Waals surface area contributed by atoms with Crippen LogP contribution in [0.25, 0.3) is 0 Å². The highest BCUT2D eigenvalue weighted by atomic mass is 35.5. The van der Waals surface area contributed by atoms with Gasteiger partial charge >= 0.3 is 0 Å². The molecule has 1 aliphatic heterocycles. The highest BCUT2D eigenvalue weighted by Crippen LogP contribution is 2.27. The van der Waals surface area contributed by atoms with Gasteiger partial charge in [0.25, 0.3) is 0 Å². The molecule has 0 radical (unpaired) electrons. The van der Waals surface area contributed by atoms with Gasteiger partial charge in [-0.3, -0.25) is 4.90 Å². The molecule has 1 aromatic heterocycles. The Labute approximate surface area is 95.4 Å². The zero-order chi connectivity index (χ0) is 10.7. The third kappa shape index (κ3) is 2.54. The molecular weight excluding hydrogens is 212 g/mol. The summed E-state index contributed by atoms with van der Waals surface area (Å²) in [5.41, 5.74) is 0. The molecule has 0 bridgehead atoms. The van der Waals surface area contributed by atoms with Crippen molar-refractivity contribution in [2.45, 2.75) is 19.4 Å². The zero-order valence-electron chi connectivity index (χ0n) is 9.00. The van der Waals surface area contributed by atoms with Gasteiger partial charge in [-0.05, 0) is 30.2 Å². The number of nitrogens with zero attached hydrogens (tertiary/aromatic N) is 1.